The van der Waals surface area contributed by atoms with Crippen LogP contribution in [-0.4, -0.2) is 105 Å². The average Bonchev–Trinajstić information content (AvgIpc) is 3.49. The zero-order chi connectivity index (χ0) is 29.4. The quantitative estimate of drug-likeness (QED) is 0.476. The normalized spacial score (nSPS) is 19.4. The van der Waals surface area contributed by atoms with E-state index in [1.54, 1.807) is 18.1 Å². The number of ether oxygens (including phenoxy) is 1. The summed E-state index contributed by atoms with van der Waals surface area (Å²) >= 11 is 0. The summed E-state index contributed by atoms with van der Waals surface area (Å²) in [6.07, 6.45) is 2.72. The molecule has 2 saturated heterocycles. The molecule has 10 nitrogen and oxygen atoms in total. The van der Waals surface area contributed by atoms with E-state index in [1.165, 1.54) is 0 Å². The van der Waals surface area contributed by atoms with Crippen LogP contribution in [0.15, 0.2) is 54.7 Å². The van der Waals surface area contributed by atoms with Gasteiger partial charge >= 0.3 is 0 Å². The van der Waals surface area contributed by atoms with Gasteiger partial charge in [0.05, 0.1) is 41.1 Å². The fraction of sp³-hybridized carbons (Fsp3) is 0.406. The second-order valence-electron chi connectivity index (χ2n) is 11.3. The lowest BCUT2D eigenvalue weighted by Gasteiger charge is -2.36. The number of likely N-dealkylation sites (N-methyl/N-ethyl adjacent to an activating group) is 1. The predicted molar refractivity (Wildman–Crippen MR) is 166 cm³/mol. The summed E-state index contributed by atoms with van der Waals surface area (Å²) in [5.74, 6) is 1.16. The lowest BCUT2D eigenvalue weighted by atomic mass is 10.1. The van der Waals surface area contributed by atoms with Gasteiger partial charge in [-0.2, -0.15) is 0 Å². The molecule has 0 aliphatic carbocycles. The van der Waals surface area contributed by atoms with Crippen LogP contribution in [0.5, 0.6) is 5.75 Å². The molecule has 1 N–H and O–H groups in total. The number of aromatic nitrogens is 1. The van der Waals surface area contributed by atoms with E-state index in [0.717, 1.165) is 68.4 Å². The maximum atomic E-state index is 13.5. The van der Waals surface area contributed by atoms with Gasteiger partial charge in [-0.3, -0.25) is 14.5 Å². The summed E-state index contributed by atoms with van der Waals surface area (Å²) in [4.78, 5) is 41.8. The second kappa shape index (κ2) is 11.6. The first kappa shape index (κ1) is 28.0. The Morgan fingerprint density at radius 2 is 1.74 bits per heavy atom. The van der Waals surface area contributed by atoms with Crippen molar-refractivity contribution in [2.45, 2.75) is 19.4 Å². The van der Waals surface area contributed by atoms with Gasteiger partial charge in [0, 0.05) is 71.0 Å². The molecule has 42 heavy (non-hydrogen) atoms. The number of anilines is 5. The number of likely N-dealkylation sites (tertiary alicyclic amines) is 1. The molecule has 0 unspecified atom stereocenters. The number of piperazine rings is 1. The number of nitrogens with one attached hydrogen (secondary N) is 1. The molecule has 0 spiro atoms. The van der Waals surface area contributed by atoms with Crippen molar-refractivity contribution in [1.82, 2.24) is 19.7 Å². The Morgan fingerprint density at radius 3 is 2.52 bits per heavy atom. The molecule has 2 fully saturated rings. The third-order valence-electron chi connectivity index (χ3n) is 8.68. The number of fused-ring (bicyclic) bond motifs is 2. The Hall–Kier alpha value is -4.15. The van der Waals surface area contributed by atoms with Crippen molar-refractivity contribution in [1.29, 1.82) is 0 Å². The molecule has 0 radical (unpaired) electrons. The minimum atomic E-state index is -0.0783. The van der Waals surface area contributed by atoms with Crippen molar-refractivity contribution in [3.8, 4) is 5.75 Å². The minimum Gasteiger partial charge on any atom is -0.492 e. The number of rotatable bonds is 6. The van der Waals surface area contributed by atoms with Crippen LogP contribution < -0.4 is 19.9 Å². The molecule has 0 saturated carbocycles. The van der Waals surface area contributed by atoms with Crippen molar-refractivity contribution in [3.05, 3.63) is 65.9 Å². The van der Waals surface area contributed by atoms with Gasteiger partial charge in [0.1, 0.15) is 11.6 Å². The lowest BCUT2D eigenvalue weighted by Crippen LogP contribution is -2.50. The van der Waals surface area contributed by atoms with E-state index in [2.05, 4.69) is 27.1 Å². The lowest BCUT2D eigenvalue weighted by molar-refractivity contribution is 0.0754. The standard InChI is InChI=1S/C32H39N7O3/c1-5-42-29-18-22(31(40)39-13-12-23(21-39)38-16-14-35(2)15-17-38)10-11-25(29)34-30-19-27-28(20-33-30)37(4)32(41)24-8-6-7-9-26(24)36(27)3/h6-11,18-20,23H,5,12-17,21H2,1-4H3,(H,33,34)/t23-/m1/s1. The van der Waals surface area contributed by atoms with Crippen LogP contribution in [0, 0.1) is 0 Å². The predicted octanol–water partition coefficient (Wildman–Crippen LogP) is 4.04. The molecule has 1 aromatic heterocycles. The monoisotopic (exact) mass is 569 g/mol. The van der Waals surface area contributed by atoms with Gasteiger partial charge in [-0.1, -0.05) is 12.1 Å². The fourth-order valence-electron chi connectivity index (χ4n) is 6.17. The van der Waals surface area contributed by atoms with E-state index in [-0.39, 0.29) is 11.8 Å². The van der Waals surface area contributed by atoms with Crippen molar-refractivity contribution in [3.63, 3.8) is 0 Å². The third kappa shape index (κ3) is 5.28. The first-order valence-corrected chi connectivity index (χ1v) is 14.7. The minimum absolute atomic E-state index is 0.0373. The maximum Gasteiger partial charge on any atom is 0.260 e. The largest absolute Gasteiger partial charge is 0.492 e. The van der Waals surface area contributed by atoms with Crippen molar-refractivity contribution < 1.29 is 14.3 Å². The summed E-state index contributed by atoms with van der Waals surface area (Å²) in [7, 11) is 5.88. The summed E-state index contributed by atoms with van der Waals surface area (Å²) < 4.78 is 5.98. The second-order valence-corrected chi connectivity index (χ2v) is 11.3. The number of amides is 2. The molecule has 6 rings (SSSR count). The molecule has 10 heteroatoms. The molecule has 2 aromatic carbocycles. The molecule has 2 amide bonds. The number of para-hydroxylation sites is 1. The number of nitrogens with zero attached hydrogens (tertiary/aromatic N) is 6. The summed E-state index contributed by atoms with van der Waals surface area (Å²) in [6, 6.07) is 15.5. The molecule has 0 bridgehead atoms. The topological polar surface area (TPSA) is 84.5 Å². The fourth-order valence-corrected chi connectivity index (χ4v) is 6.17. The number of pyridine rings is 1. The first-order valence-electron chi connectivity index (χ1n) is 14.7. The van der Waals surface area contributed by atoms with Gasteiger partial charge < -0.3 is 29.7 Å². The van der Waals surface area contributed by atoms with Gasteiger partial charge in [-0.25, -0.2) is 4.98 Å². The molecule has 3 aliphatic heterocycles. The number of hydrogen-bond acceptors (Lipinski definition) is 8. The third-order valence-corrected chi connectivity index (χ3v) is 8.68. The average molecular weight is 570 g/mol. The Bertz CT molecular complexity index is 1490. The summed E-state index contributed by atoms with van der Waals surface area (Å²) in [5.41, 5.74) is 4.38. The van der Waals surface area contributed by atoms with E-state index in [1.807, 2.05) is 72.3 Å². The zero-order valence-corrected chi connectivity index (χ0v) is 24.8. The van der Waals surface area contributed by atoms with Crippen LogP contribution in [0.25, 0.3) is 0 Å². The van der Waals surface area contributed by atoms with Crippen LogP contribution in [0.2, 0.25) is 0 Å². The highest BCUT2D eigenvalue weighted by Crippen LogP contribution is 2.40. The SMILES string of the molecule is CCOc1cc(C(=O)N2CC[C@@H](N3CCN(C)CC3)C2)ccc1Nc1cc2c(cn1)N(C)C(=O)c1ccccc1N2C. The van der Waals surface area contributed by atoms with Gasteiger partial charge in [-0.15, -0.1) is 0 Å². The van der Waals surface area contributed by atoms with Gasteiger partial charge in [0.25, 0.3) is 11.8 Å². The zero-order valence-electron chi connectivity index (χ0n) is 24.8. The van der Waals surface area contributed by atoms with Gasteiger partial charge in [0.2, 0.25) is 0 Å². The van der Waals surface area contributed by atoms with Crippen molar-refractivity contribution in [2.24, 2.45) is 0 Å². The summed E-state index contributed by atoms with van der Waals surface area (Å²) in [6.45, 7) is 8.20. The molecule has 3 aliphatic rings. The molecule has 220 valence electrons. The van der Waals surface area contributed by atoms with Crippen molar-refractivity contribution in [2.75, 3.05) is 82.1 Å². The van der Waals surface area contributed by atoms with Crippen LogP contribution in [0.4, 0.5) is 28.6 Å². The Kier molecular flexibility index (Phi) is 7.74. The van der Waals surface area contributed by atoms with Crippen LogP contribution in [-0.2, 0) is 0 Å². The highest BCUT2D eigenvalue weighted by molar-refractivity contribution is 6.13. The molecular weight excluding hydrogens is 530 g/mol. The van der Waals surface area contributed by atoms with E-state index < -0.39 is 0 Å². The number of carbonyl (C=O) groups excluding carboxylic acids is 2. The highest BCUT2D eigenvalue weighted by Gasteiger charge is 2.32. The first-order chi connectivity index (χ1) is 20.3. The Labute approximate surface area is 247 Å². The Morgan fingerprint density at radius 1 is 0.952 bits per heavy atom. The van der Waals surface area contributed by atoms with Crippen LogP contribution >= 0.6 is 0 Å². The smallest absolute Gasteiger partial charge is 0.260 e. The van der Waals surface area contributed by atoms with Crippen molar-refractivity contribution >= 4 is 40.4 Å². The van der Waals surface area contributed by atoms with Crippen LogP contribution in [0.1, 0.15) is 34.1 Å². The van der Waals surface area contributed by atoms with Crippen LogP contribution in [0.3, 0.4) is 0 Å². The van der Waals surface area contributed by atoms with E-state index in [0.29, 0.717) is 35.3 Å². The number of carbonyl (C=O) groups is 2. The Balaban J connectivity index is 1.21. The molecule has 4 heterocycles. The maximum absolute atomic E-state index is 13.5. The van der Waals surface area contributed by atoms with Gasteiger partial charge in [-0.05, 0) is 50.7 Å². The molecule has 1 atom stereocenters. The van der Waals surface area contributed by atoms with E-state index in [9.17, 15) is 9.59 Å². The molecular formula is C32H39N7O3. The van der Waals surface area contributed by atoms with E-state index in [4.69, 9.17) is 4.74 Å². The molecule has 3 aromatic rings. The summed E-state index contributed by atoms with van der Waals surface area (Å²) in [5, 5.41) is 3.39. The number of hydrogen-bond donors (Lipinski definition) is 1. The number of benzene rings is 2. The van der Waals surface area contributed by atoms with E-state index >= 15 is 0 Å². The highest BCUT2D eigenvalue weighted by atomic mass is 16.5. The van der Waals surface area contributed by atoms with Gasteiger partial charge in [0.15, 0.2) is 0 Å².